The first-order valence-corrected chi connectivity index (χ1v) is 6.61. The quantitative estimate of drug-likeness (QED) is 0.864. The molecule has 0 aliphatic heterocycles. The molecule has 18 heavy (non-hydrogen) atoms. The lowest BCUT2D eigenvalue weighted by molar-refractivity contribution is -0.0509. The molecule has 0 heterocycles. The highest BCUT2D eigenvalue weighted by atomic mass is 35.5. The molecule has 0 saturated heterocycles. The average molecular weight is 274 g/mol. The third-order valence-corrected chi connectivity index (χ3v) is 4.35. The third kappa shape index (κ3) is 2.52. The molecule has 0 bridgehead atoms. The topological polar surface area (TPSA) is 26.0 Å². The Kier molecular flexibility index (Phi) is 3.65. The molecule has 0 amide bonds. The predicted molar refractivity (Wildman–Crippen MR) is 70.3 cm³/mol. The fourth-order valence-corrected chi connectivity index (χ4v) is 3.04. The second-order valence-electron chi connectivity index (χ2n) is 5.32. The fourth-order valence-electron chi connectivity index (χ4n) is 2.72. The highest BCUT2D eigenvalue weighted by Crippen LogP contribution is 2.46. The number of nitrogens with two attached hydrogens (primary N) is 1. The summed E-state index contributed by atoms with van der Waals surface area (Å²) in [6.45, 7) is 2.34. The Hall–Kier alpha value is -0.670. The van der Waals surface area contributed by atoms with Crippen molar-refractivity contribution in [1.82, 2.24) is 0 Å². The Morgan fingerprint density at radius 1 is 1.22 bits per heavy atom. The van der Waals surface area contributed by atoms with Gasteiger partial charge in [0.15, 0.2) is 0 Å². The van der Waals surface area contributed by atoms with Crippen LogP contribution >= 0.6 is 11.6 Å². The molecule has 1 saturated carbocycles. The Labute approximate surface area is 111 Å². The van der Waals surface area contributed by atoms with Gasteiger partial charge in [-0.3, -0.25) is 0 Å². The van der Waals surface area contributed by atoms with Crippen LogP contribution in [0.4, 0.5) is 8.78 Å². The van der Waals surface area contributed by atoms with Crippen molar-refractivity contribution in [2.24, 2.45) is 5.73 Å². The standard InChI is InChI=1S/C14H18ClF2N/c1-10-2-3-12(15)11(8-10)13(9-18)4-6-14(16,17)7-5-13/h2-3,8H,4-7,9,18H2,1H3. The molecular weight excluding hydrogens is 256 g/mol. The first kappa shape index (κ1) is 13.8. The monoisotopic (exact) mass is 273 g/mol. The largest absolute Gasteiger partial charge is 0.330 e. The van der Waals surface area contributed by atoms with E-state index in [0.29, 0.717) is 24.4 Å². The second kappa shape index (κ2) is 4.78. The van der Waals surface area contributed by atoms with Crippen LogP contribution in [0.5, 0.6) is 0 Å². The minimum Gasteiger partial charge on any atom is -0.330 e. The zero-order valence-corrected chi connectivity index (χ0v) is 11.2. The van der Waals surface area contributed by atoms with Gasteiger partial charge >= 0.3 is 0 Å². The summed E-state index contributed by atoms with van der Waals surface area (Å²) in [5, 5.41) is 0.635. The molecule has 1 nitrogen and oxygen atoms in total. The summed E-state index contributed by atoms with van der Waals surface area (Å²) in [6.07, 6.45) is 0.599. The van der Waals surface area contributed by atoms with E-state index in [4.69, 9.17) is 17.3 Å². The van der Waals surface area contributed by atoms with Gasteiger partial charge in [0.25, 0.3) is 0 Å². The lowest BCUT2D eigenvalue weighted by Crippen LogP contribution is -2.42. The summed E-state index contributed by atoms with van der Waals surface area (Å²) in [4.78, 5) is 0. The minimum absolute atomic E-state index is 0.103. The van der Waals surface area contributed by atoms with Crippen molar-refractivity contribution in [2.45, 2.75) is 43.9 Å². The van der Waals surface area contributed by atoms with Crippen molar-refractivity contribution < 1.29 is 8.78 Å². The van der Waals surface area contributed by atoms with Gasteiger partial charge in [0.1, 0.15) is 0 Å². The van der Waals surface area contributed by atoms with Gasteiger partial charge in [-0.05, 0) is 31.4 Å². The highest BCUT2D eigenvalue weighted by molar-refractivity contribution is 6.31. The zero-order chi connectivity index (χ0) is 13.4. The van der Waals surface area contributed by atoms with E-state index in [0.717, 1.165) is 11.1 Å². The number of alkyl halides is 2. The van der Waals surface area contributed by atoms with Crippen LogP contribution in [-0.2, 0) is 5.41 Å². The van der Waals surface area contributed by atoms with Gasteiger partial charge in [-0.25, -0.2) is 8.78 Å². The molecular formula is C14H18ClF2N. The van der Waals surface area contributed by atoms with Crippen LogP contribution in [0.25, 0.3) is 0 Å². The number of aryl methyl sites for hydroxylation is 1. The third-order valence-electron chi connectivity index (χ3n) is 4.02. The van der Waals surface area contributed by atoms with Crippen molar-refractivity contribution >= 4 is 11.6 Å². The molecule has 2 N–H and O–H groups in total. The zero-order valence-electron chi connectivity index (χ0n) is 10.5. The van der Waals surface area contributed by atoms with Crippen LogP contribution in [0, 0.1) is 6.92 Å². The van der Waals surface area contributed by atoms with Gasteiger partial charge in [-0.2, -0.15) is 0 Å². The SMILES string of the molecule is Cc1ccc(Cl)c(C2(CN)CCC(F)(F)CC2)c1. The van der Waals surface area contributed by atoms with E-state index in [1.165, 1.54) is 0 Å². The van der Waals surface area contributed by atoms with Crippen LogP contribution in [-0.4, -0.2) is 12.5 Å². The lowest BCUT2D eigenvalue weighted by atomic mass is 9.68. The van der Waals surface area contributed by atoms with Gasteiger partial charge in [0.05, 0.1) is 0 Å². The van der Waals surface area contributed by atoms with Crippen LogP contribution in [0.2, 0.25) is 5.02 Å². The molecule has 1 aliphatic rings. The molecule has 0 aromatic heterocycles. The number of hydrogen-bond donors (Lipinski definition) is 1. The van der Waals surface area contributed by atoms with E-state index in [1.807, 2.05) is 25.1 Å². The van der Waals surface area contributed by atoms with E-state index < -0.39 is 5.92 Å². The molecule has 1 aromatic rings. The smallest absolute Gasteiger partial charge is 0.248 e. The van der Waals surface area contributed by atoms with Crippen molar-refractivity contribution in [2.75, 3.05) is 6.54 Å². The Morgan fingerprint density at radius 2 is 1.83 bits per heavy atom. The molecule has 4 heteroatoms. The minimum atomic E-state index is -2.55. The van der Waals surface area contributed by atoms with Crippen LogP contribution in [0.15, 0.2) is 18.2 Å². The molecule has 1 aromatic carbocycles. The summed E-state index contributed by atoms with van der Waals surface area (Å²) >= 11 is 6.23. The first-order chi connectivity index (χ1) is 8.38. The molecule has 100 valence electrons. The second-order valence-corrected chi connectivity index (χ2v) is 5.73. The van der Waals surface area contributed by atoms with Crippen molar-refractivity contribution in [3.05, 3.63) is 34.3 Å². The van der Waals surface area contributed by atoms with Crippen LogP contribution in [0.3, 0.4) is 0 Å². The van der Waals surface area contributed by atoms with Crippen LogP contribution in [0.1, 0.15) is 36.8 Å². The normalized spacial score (nSPS) is 21.8. The number of benzene rings is 1. The molecule has 2 rings (SSSR count). The highest BCUT2D eigenvalue weighted by Gasteiger charge is 2.44. The molecule has 0 unspecified atom stereocenters. The number of hydrogen-bond acceptors (Lipinski definition) is 1. The van der Waals surface area contributed by atoms with Crippen molar-refractivity contribution in [3.63, 3.8) is 0 Å². The molecule has 0 atom stereocenters. The van der Waals surface area contributed by atoms with E-state index in [9.17, 15) is 8.78 Å². The Balaban J connectivity index is 2.36. The van der Waals surface area contributed by atoms with Gasteiger partial charge < -0.3 is 5.73 Å². The number of rotatable bonds is 2. The van der Waals surface area contributed by atoms with Crippen molar-refractivity contribution in [3.8, 4) is 0 Å². The molecule has 1 fully saturated rings. The fraction of sp³-hybridized carbons (Fsp3) is 0.571. The summed E-state index contributed by atoms with van der Waals surface area (Å²) in [5.74, 6) is -2.55. The molecule has 1 aliphatic carbocycles. The van der Waals surface area contributed by atoms with E-state index in [1.54, 1.807) is 0 Å². The van der Waals surface area contributed by atoms with Gasteiger partial charge in [0, 0.05) is 29.8 Å². The molecule has 0 radical (unpaired) electrons. The first-order valence-electron chi connectivity index (χ1n) is 6.23. The van der Waals surface area contributed by atoms with Crippen molar-refractivity contribution in [1.29, 1.82) is 0 Å². The Morgan fingerprint density at radius 3 is 2.39 bits per heavy atom. The lowest BCUT2D eigenvalue weighted by Gasteiger charge is -2.40. The van der Waals surface area contributed by atoms with Gasteiger partial charge in [-0.1, -0.05) is 29.3 Å². The maximum Gasteiger partial charge on any atom is 0.248 e. The summed E-state index contributed by atoms with van der Waals surface area (Å²) in [7, 11) is 0. The van der Waals surface area contributed by atoms with Crippen LogP contribution < -0.4 is 5.73 Å². The van der Waals surface area contributed by atoms with Gasteiger partial charge in [-0.15, -0.1) is 0 Å². The predicted octanol–water partition coefficient (Wildman–Crippen LogP) is 4.05. The van der Waals surface area contributed by atoms with Gasteiger partial charge in [0.2, 0.25) is 5.92 Å². The van der Waals surface area contributed by atoms with E-state index in [-0.39, 0.29) is 18.3 Å². The maximum atomic E-state index is 13.3. The summed E-state index contributed by atoms with van der Waals surface area (Å²) < 4.78 is 26.6. The van der Waals surface area contributed by atoms with E-state index in [2.05, 4.69) is 0 Å². The average Bonchev–Trinajstić information content (AvgIpc) is 2.33. The van der Waals surface area contributed by atoms with E-state index >= 15 is 0 Å². The maximum absolute atomic E-state index is 13.3. The summed E-state index contributed by atoms with van der Waals surface area (Å²) in [5.41, 5.74) is 7.51. The molecule has 0 spiro atoms. The summed E-state index contributed by atoms with van der Waals surface area (Å²) in [6, 6.07) is 5.74. The Bertz CT molecular complexity index is 435. The number of halogens is 3.